The zero-order valence-electron chi connectivity index (χ0n) is 23.5. The topological polar surface area (TPSA) is 161 Å². The number of carbonyl (C=O) groups excluding carboxylic acids is 3. The quantitative estimate of drug-likeness (QED) is 0.183. The second kappa shape index (κ2) is 15.4. The summed E-state index contributed by atoms with van der Waals surface area (Å²) in [5.41, 5.74) is 5.16. The van der Waals surface area contributed by atoms with Crippen LogP contribution in [0.4, 0.5) is 4.79 Å². The van der Waals surface area contributed by atoms with Crippen LogP contribution in [0.5, 0.6) is 0 Å². The summed E-state index contributed by atoms with van der Waals surface area (Å²) in [5.74, 6) is 6.00. The number of aromatic nitrogens is 2. The number of nitrogens with one attached hydrogen (secondary N) is 2. The molecular weight excluding hydrogens is 506 g/mol. The number of primary amides is 1. The van der Waals surface area contributed by atoms with Crippen LogP contribution in [0, 0.1) is 29.1 Å². The Morgan fingerprint density at radius 1 is 1.05 bits per heavy atom. The molecule has 212 valence electrons. The van der Waals surface area contributed by atoms with E-state index in [1.165, 1.54) is 12.4 Å². The second-order valence-electron chi connectivity index (χ2n) is 10.9. The van der Waals surface area contributed by atoms with Crippen molar-refractivity contribution in [3.8, 4) is 11.8 Å². The number of Topliss-reactive ketones (excluding diaryl/α,β-unsaturated/α-hetero) is 1. The molecule has 3 amide bonds. The summed E-state index contributed by atoms with van der Waals surface area (Å²) in [6.07, 6.45) is 7.80. The lowest BCUT2D eigenvalue weighted by Crippen LogP contribution is -2.39. The monoisotopic (exact) mass is 549 g/mol. The third-order valence-electron chi connectivity index (χ3n) is 6.01. The van der Waals surface area contributed by atoms with Gasteiger partial charge < -0.3 is 16.4 Å². The maximum absolute atomic E-state index is 13.0. The zero-order chi connectivity index (χ0) is 28.9. The van der Waals surface area contributed by atoms with Gasteiger partial charge in [-0.05, 0) is 38.0 Å². The number of amides is 3. The maximum Gasteiger partial charge on any atom is 0.312 e. The Kier molecular flexibility index (Phi) is 13.4. The summed E-state index contributed by atoms with van der Waals surface area (Å²) in [6.45, 7) is 10.2. The predicted octanol–water partition coefficient (Wildman–Crippen LogP) is 3.00. The maximum atomic E-state index is 13.0. The predicted molar refractivity (Wildman–Crippen MR) is 147 cm³/mol. The van der Waals surface area contributed by atoms with Crippen molar-refractivity contribution in [3.63, 3.8) is 0 Å². The molecule has 1 aromatic rings. The van der Waals surface area contributed by atoms with Crippen LogP contribution < -0.4 is 16.4 Å². The molecule has 4 N–H and O–H groups in total. The van der Waals surface area contributed by atoms with Crippen molar-refractivity contribution >= 4 is 27.6 Å². The van der Waals surface area contributed by atoms with Gasteiger partial charge in [-0.3, -0.25) is 9.59 Å². The van der Waals surface area contributed by atoms with Gasteiger partial charge in [0.05, 0.1) is 5.56 Å². The lowest BCUT2D eigenvalue weighted by molar-refractivity contribution is -0.131. The van der Waals surface area contributed by atoms with Gasteiger partial charge in [-0.1, -0.05) is 46.5 Å². The number of nitrogens with zero attached hydrogens (tertiary/aromatic N) is 2. The van der Waals surface area contributed by atoms with Gasteiger partial charge in [0.2, 0.25) is 20.9 Å². The minimum Gasteiger partial charge on any atom is -0.353 e. The molecule has 0 saturated carbocycles. The smallest absolute Gasteiger partial charge is 0.312 e. The van der Waals surface area contributed by atoms with Crippen molar-refractivity contribution in [2.75, 3.05) is 12.8 Å². The van der Waals surface area contributed by atoms with Gasteiger partial charge in [0.15, 0.2) is 0 Å². The van der Waals surface area contributed by atoms with Gasteiger partial charge in [0, 0.05) is 55.4 Å². The summed E-state index contributed by atoms with van der Waals surface area (Å²) in [6, 6.07) is -0.632. The molecule has 0 saturated heterocycles. The molecule has 1 aromatic heterocycles. The minimum atomic E-state index is -3.45. The van der Waals surface area contributed by atoms with Crippen molar-refractivity contribution < 1.29 is 22.8 Å². The zero-order valence-corrected chi connectivity index (χ0v) is 24.3. The molecule has 0 aliphatic carbocycles. The van der Waals surface area contributed by atoms with Crippen LogP contribution in [-0.2, 0) is 19.4 Å². The van der Waals surface area contributed by atoms with Crippen LogP contribution >= 0.6 is 0 Å². The molecule has 1 rings (SSSR count). The summed E-state index contributed by atoms with van der Waals surface area (Å²) >= 11 is 0. The first kappa shape index (κ1) is 33.0. The average molecular weight is 550 g/mol. The fourth-order valence-corrected chi connectivity index (χ4v) is 4.37. The van der Waals surface area contributed by atoms with E-state index in [2.05, 4.69) is 32.4 Å². The fraction of sp³-hybridized carbons (Fsp3) is 0.667. The highest BCUT2D eigenvalue weighted by Crippen LogP contribution is 2.27. The number of nitrogens with two attached hydrogens (primary N) is 1. The highest BCUT2D eigenvalue weighted by Gasteiger charge is 2.30. The first-order valence-corrected chi connectivity index (χ1v) is 14.9. The van der Waals surface area contributed by atoms with E-state index in [9.17, 15) is 22.8 Å². The fourth-order valence-electron chi connectivity index (χ4n) is 3.88. The first-order valence-electron chi connectivity index (χ1n) is 13.0. The molecule has 0 spiro atoms. The Labute approximate surface area is 227 Å². The number of carbonyl (C=O) groups is 3. The van der Waals surface area contributed by atoms with Crippen molar-refractivity contribution in [1.82, 2.24) is 20.6 Å². The van der Waals surface area contributed by atoms with Crippen LogP contribution in [0.3, 0.4) is 0 Å². The Morgan fingerprint density at radius 3 is 2.21 bits per heavy atom. The second-order valence-corrected chi connectivity index (χ2v) is 12.8. The van der Waals surface area contributed by atoms with E-state index in [1.807, 2.05) is 34.6 Å². The molecule has 0 radical (unpaired) electrons. The molecule has 11 heteroatoms. The number of rotatable bonds is 14. The first-order chi connectivity index (χ1) is 17.6. The van der Waals surface area contributed by atoms with Gasteiger partial charge >= 0.3 is 6.03 Å². The molecule has 0 bridgehead atoms. The summed E-state index contributed by atoms with van der Waals surface area (Å²) in [7, 11) is -3.45. The largest absolute Gasteiger partial charge is 0.353 e. The van der Waals surface area contributed by atoms with Crippen LogP contribution in [0.2, 0.25) is 0 Å². The Hall–Kier alpha value is -3.00. The summed E-state index contributed by atoms with van der Waals surface area (Å²) in [5, 5.41) is 5.44. The van der Waals surface area contributed by atoms with Gasteiger partial charge in [-0.15, -0.1) is 0 Å². The Morgan fingerprint density at radius 2 is 1.68 bits per heavy atom. The van der Waals surface area contributed by atoms with E-state index < -0.39 is 21.3 Å². The molecule has 0 aromatic carbocycles. The molecule has 0 unspecified atom stereocenters. The lowest BCUT2D eigenvalue weighted by Gasteiger charge is -2.28. The number of unbranched alkanes of at least 4 members (excludes halogenated alkanes) is 1. The van der Waals surface area contributed by atoms with E-state index in [1.54, 1.807) is 0 Å². The highest BCUT2D eigenvalue weighted by atomic mass is 32.2. The van der Waals surface area contributed by atoms with Crippen molar-refractivity contribution in [2.45, 2.75) is 90.8 Å². The summed E-state index contributed by atoms with van der Waals surface area (Å²) < 4.78 is 22.8. The number of hydrogen-bond donors (Lipinski definition) is 3. The molecule has 38 heavy (non-hydrogen) atoms. The van der Waals surface area contributed by atoms with Crippen LogP contribution in [0.25, 0.3) is 0 Å². The van der Waals surface area contributed by atoms with Crippen LogP contribution in [-0.4, -0.2) is 54.9 Å². The molecule has 2 atom stereocenters. The van der Waals surface area contributed by atoms with E-state index in [-0.39, 0.29) is 34.7 Å². The SMILES string of the molecule is CC(C)[C@@H](CC[C@@H](CCCNC(N)=O)C(=O)C(C)(C)C)NC(=O)CCCC#Cc1cnc(S(C)(=O)=O)nc1. The van der Waals surface area contributed by atoms with E-state index in [0.717, 1.165) is 6.26 Å². The Bertz CT molecular complexity index is 1100. The minimum absolute atomic E-state index is 0.0573. The number of hydrogen-bond acceptors (Lipinski definition) is 7. The molecule has 0 fully saturated rings. The van der Waals surface area contributed by atoms with E-state index >= 15 is 0 Å². The highest BCUT2D eigenvalue weighted by molar-refractivity contribution is 7.90. The Balaban J connectivity index is 2.59. The van der Waals surface area contributed by atoms with Crippen LogP contribution in [0.1, 0.15) is 85.1 Å². The molecule has 0 aliphatic heterocycles. The van der Waals surface area contributed by atoms with Gasteiger partial charge in [-0.2, -0.15) is 0 Å². The third kappa shape index (κ3) is 13.0. The molecule has 0 aliphatic rings. The molecule has 10 nitrogen and oxygen atoms in total. The lowest BCUT2D eigenvalue weighted by atomic mass is 9.78. The van der Waals surface area contributed by atoms with E-state index in [4.69, 9.17) is 5.73 Å². The number of ketones is 1. The third-order valence-corrected chi connectivity index (χ3v) is 6.89. The van der Waals surface area contributed by atoms with Gasteiger partial charge in [0.1, 0.15) is 5.78 Å². The van der Waals surface area contributed by atoms with Gasteiger partial charge in [-0.25, -0.2) is 23.2 Å². The standard InChI is InChI=1S/C27H43N5O5S/c1-19(2)22(15-14-21(24(34)27(3,4)5)12-10-16-29-25(28)35)32-23(33)13-9-7-8-11-20-17-30-26(31-18-20)38(6,36)37/h17-19,21-22H,7,9-10,12-16H2,1-6H3,(H,32,33)(H3,28,29,35)/t21-,22-/m1/s1. The number of sulfone groups is 1. The van der Waals surface area contributed by atoms with Crippen molar-refractivity contribution in [1.29, 1.82) is 0 Å². The van der Waals surface area contributed by atoms with E-state index in [0.29, 0.717) is 57.1 Å². The number of urea groups is 1. The van der Waals surface area contributed by atoms with Crippen molar-refractivity contribution in [3.05, 3.63) is 18.0 Å². The average Bonchev–Trinajstić information content (AvgIpc) is 2.80. The van der Waals surface area contributed by atoms with Gasteiger partial charge in [0.25, 0.3) is 0 Å². The molecular formula is C27H43N5O5S. The van der Waals surface area contributed by atoms with Crippen LogP contribution in [0.15, 0.2) is 17.6 Å². The van der Waals surface area contributed by atoms with Crippen molar-refractivity contribution in [2.24, 2.45) is 23.0 Å². The normalized spacial score (nSPS) is 13.2. The molecule has 1 heterocycles. The summed E-state index contributed by atoms with van der Waals surface area (Å²) in [4.78, 5) is 44.1.